The smallest absolute Gasteiger partial charge is 0.204 e. The van der Waals surface area contributed by atoms with Crippen molar-refractivity contribution < 1.29 is 14.6 Å². The largest absolute Gasteiger partial charge is 0.493 e. The Balaban J connectivity index is 1.58. The fourth-order valence-corrected chi connectivity index (χ4v) is 4.28. The minimum Gasteiger partial charge on any atom is -0.493 e. The second kappa shape index (κ2) is 9.88. The molecule has 1 unspecified atom stereocenters. The molecule has 174 valence electrons. The van der Waals surface area contributed by atoms with Crippen LogP contribution in [0.15, 0.2) is 67.0 Å². The summed E-state index contributed by atoms with van der Waals surface area (Å²) >= 11 is 0. The maximum atomic E-state index is 11.5. The van der Waals surface area contributed by atoms with Crippen molar-refractivity contribution in [2.24, 2.45) is 0 Å². The van der Waals surface area contributed by atoms with Gasteiger partial charge in [-0.3, -0.25) is 4.98 Å². The van der Waals surface area contributed by atoms with E-state index < -0.39 is 6.23 Å². The molecule has 9 heteroatoms. The van der Waals surface area contributed by atoms with Gasteiger partial charge >= 0.3 is 0 Å². The van der Waals surface area contributed by atoms with Crippen LogP contribution < -0.4 is 14.4 Å². The van der Waals surface area contributed by atoms with Gasteiger partial charge in [0.05, 0.1) is 13.2 Å². The first-order valence-electron chi connectivity index (χ1n) is 11.3. The van der Waals surface area contributed by atoms with Crippen LogP contribution in [0.1, 0.15) is 37.5 Å². The number of aromatic amines is 1. The molecule has 2 N–H and O–H groups in total. The van der Waals surface area contributed by atoms with Gasteiger partial charge in [-0.2, -0.15) is 5.21 Å². The van der Waals surface area contributed by atoms with Gasteiger partial charge in [0.2, 0.25) is 5.82 Å². The number of methoxy groups -OCH3 is 1. The molecule has 1 aliphatic rings. The van der Waals surface area contributed by atoms with Crippen LogP contribution in [0, 0.1) is 0 Å². The van der Waals surface area contributed by atoms with E-state index in [1.807, 2.05) is 53.4 Å². The molecule has 34 heavy (non-hydrogen) atoms. The second-order valence-corrected chi connectivity index (χ2v) is 8.18. The lowest BCUT2D eigenvalue weighted by atomic mass is 10.1. The molecule has 0 bridgehead atoms. The van der Waals surface area contributed by atoms with Gasteiger partial charge in [-0.05, 0) is 61.2 Å². The van der Waals surface area contributed by atoms with E-state index in [1.165, 1.54) is 12.8 Å². The predicted molar refractivity (Wildman–Crippen MR) is 127 cm³/mol. The molecule has 0 radical (unpaired) electrons. The molecule has 5 rings (SSSR count). The number of benzene rings is 2. The van der Waals surface area contributed by atoms with Crippen molar-refractivity contribution in [1.29, 1.82) is 0 Å². The Morgan fingerprint density at radius 1 is 1.03 bits per heavy atom. The van der Waals surface area contributed by atoms with Crippen LogP contribution in [0.3, 0.4) is 0 Å². The minimum absolute atomic E-state index is 0.169. The fourth-order valence-electron chi connectivity index (χ4n) is 4.28. The summed E-state index contributed by atoms with van der Waals surface area (Å²) in [4.78, 5) is 6.00. The molecular formula is C25H26N6O3. The number of H-pyrrole nitrogens is 1. The van der Waals surface area contributed by atoms with Crippen molar-refractivity contribution in [2.75, 3.05) is 12.0 Å². The molecule has 1 atom stereocenters. The molecule has 0 amide bonds. The zero-order valence-electron chi connectivity index (χ0n) is 18.8. The van der Waals surface area contributed by atoms with Gasteiger partial charge in [0.1, 0.15) is 0 Å². The summed E-state index contributed by atoms with van der Waals surface area (Å²) in [6, 6.07) is 16.9. The van der Waals surface area contributed by atoms with Crippen molar-refractivity contribution >= 4 is 11.4 Å². The lowest BCUT2D eigenvalue weighted by molar-refractivity contribution is 0.183. The number of aliphatic hydroxyl groups excluding tert-OH is 1. The van der Waals surface area contributed by atoms with Crippen LogP contribution in [-0.2, 0) is 0 Å². The number of ether oxygens (including phenoxy) is 2. The van der Waals surface area contributed by atoms with Crippen molar-refractivity contribution in [3.8, 4) is 22.9 Å². The van der Waals surface area contributed by atoms with Crippen LogP contribution in [0.5, 0.6) is 11.5 Å². The van der Waals surface area contributed by atoms with Gasteiger partial charge in [-0.1, -0.05) is 18.2 Å². The maximum Gasteiger partial charge on any atom is 0.204 e. The highest BCUT2D eigenvalue weighted by Gasteiger charge is 2.24. The summed E-state index contributed by atoms with van der Waals surface area (Å²) < 4.78 is 11.9. The summed E-state index contributed by atoms with van der Waals surface area (Å²) in [6.07, 6.45) is 6.90. The predicted octanol–water partition coefficient (Wildman–Crippen LogP) is 4.42. The average molecular weight is 459 g/mol. The number of anilines is 2. The lowest BCUT2D eigenvalue weighted by Gasteiger charge is -2.31. The summed E-state index contributed by atoms with van der Waals surface area (Å²) in [5.41, 5.74) is 2.91. The number of aromatic nitrogens is 5. The number of hydrogen-bond donors (Lipinski definition) is 2. The lowest BCUT2D eigenvalue weighted by Crippen LogP contribution is -2.24. The molecule has 2 aromatic heterocycles. The van der Waals surface area contributed by atoms with Gasteiger partial charge in [-0.25, -0.2) is 0 Å². The third kappa shape index (κ3) is 4.55. The Morgan fingerprint density at radius 2 is 1.88 bits per heavy atom. The molecule has 1 aliphatic carbocycles. The number of hydrogen-bond acceptors (Lipinski definition) is 8. The highest BCUT2D eigenvalue weighted by molar-refractivity contribution is 5.71. The Kier molecular flexibility index (Phi) is 6.35. The molecule has 1 saturated carbocycles. The molecule has 1 fully saturated rings. The molecule has 0 spiro atoms. The number of nitrogens with zero attached hydrogens (tertiary/aromatic N) is 5. The summed E-state index contributed by atoms with van der Waals surface area (Å²) in [5, 5.41) is 25.8. The zero-order chi connectivity index (χ0) is 23.3. The van der Waals surface area contributed by atoms with Gasteiger partial charge in [-0.15, -0.1) is 10.2 Å². The number of rotatable bonds is 8. The summed E-state index contributed by atoms with van der Waals surface area (Å²) in [5.74, 6) is 1.79. The first-order chi connectivity index (χ1) is 16.7. The number of aliphatic hydroxyl groups is 1. The van der Waals surface area contributed by atoms with Crippen LogP contribution >= 0.6 is 0 Å². The summed E-state index contributed by atoms with van der Waals surface area (Å²) in [6.45, 7) is 0. The van der Waals surface area contributed by atoms with E-state index in [4.69, 9.17) is 9.47 Å². The summed E-state index contributed by atoms with van der Waals surface area (Å²) in [7, 11) is 1.63. The third-order valence-electron chi connectivity index (χ3n) is 5.98. The highest BCUT2D eigenvalue weighted by Crippen LogP contribution is 2.40. The van der Waals surface area contributed by atoms with E-state index >= 15 is 0 Å². The van der Waals surface area contributed by atoms with E-state index in [2.05, 4.69) is 25.6 Å². The standard InChI is InChI=1S/C25H26N6O3/c1-33-22-12-11-20(15-23(22)34-21-9-2-3-10-21)31(25(32)18-7-5-13-26-16-18)19-8-4-6-17(14-19)24-27-29-30-28-24/h4-8,11-16,21,25,32H,2-3,9-10H2,1H3,(H,27,28,29,30). The van der Waals surface area contributed by atoms with Gasteiger partial charge in [0, 0.05) is 41.0 Å². The highest BCUT2D eigenvalue weighted by atomic mass is 16.5. The molecule has 2 aromatic carbocycles. The Bertz CT molecular complexity index is 1210. The van der Waals surface area contributed by atoms with Gasteiger partial charge in [0.25, 0.3) is 0 Å². The molecule has 0 saturated heterocycles. The molecule has 2 heterocycles. The van der Waals surface area contributed by atoms with Crippen molar-refractivity contribution in [2.45, 2.75) is 38.0 Å². The van der Waals surface area contributed by atoms with Crippen LogP contribution in [0.2, 0.25) is 0 Å². The van der Waals surface area contributed by atoms with Crippen LogP contribution in [-0.4, -0.2) is 43.9 Å². The SMILES string of the molecule is COc1ccc(N(c2cccc(-c3nn[nH]n3)c2)C(O)c2cccnc2)cc1OC1CCCC1. The van der Waals surface area contributed by atoms with E-state index in [-0.39, 0.29) is 6.10 Å². The van der Waals surface area contributed by atoms with E-state index in [1.54, 1.807) is 25.6 Å². The fraction of sp³-hybridized carbons (Fsp3) is 0.280. The first-order valence-corrected chi connectivity index (χ1v) is 11.3. The first kappa shape index (κ1) is 21.8. The second-order valence-electron chi connectivity index (χ2n) is 8.18. The van der Waals surface area contributed by atoms with Crippen molar-refractivity contribution in [1.82, 2.24) is 25.6 Å². The normalized spacial score (nSPS) is 14.6. The monoisotopic (exact) mass is 458 g/mol. The minimum atomic E-state index is -0.998. The molecule has 4 aromatic rings. The van der Waals surface area contributed by atoms with E-state index in [0.717, 1.165) is 29.8 Å². The topological polar surface area (TPSA) is 109 Å². The van der Waals surface area contributed by atoms with Crippen LogP contribution in [0.25, 0.3) is 11.4 Å². The molecule has 0 aliphatic heterocycles. The van der Waals surface area contributed by atoms with Crippen LogP contribution in [0.4, 0.5) is 11.4 Å². The molecule has 9 nitrogen and oxygen atoms in total. The van der Waals surface area contributed by atoms with E-state index in [0.29, 0.717) is 22.9 Å². The number of pyridine rings is 1. The Labute approximate surface area is 197 Å². The average Bonchev–Trinajstić information content (AvgIpc) is 3.60. The van der Waals surface area contributed by atoms with Gasteiger partial charge < -0.3 is 19.5 Å². The van der Waals surface area contributed by atoms with E-state index in [9.17, 15) is 5.11 Å². The molecular weight excluding hydrogens is 432 g/mol. The third-order valence-corrected chi connectivity index (χ3v) is 5.98. The maximum absolute atomic E-state index is 11.5. The van der Waals surface area contributed by atoms with Gasteiger partial charge in [0.15, 0.2) is 17.7 Å². The number of tetrazole rings is 1. The van der Waals surface area contributed by atoms with Crippen molar-refractivity contribution in [3.05, 3.63) is 72.6 Å². The quantitative estimate of drug-likeness (QED) is 0.374. The zero-order valence-corrected chi connectivity index (χ0v) is 18.8. The Morgan fingerprint density at radius 3 is 2.62 bits per heavy atom. The van der Waals surface area contributed by atoms with Crippen molar-refractivity contribution in [3.63, 3.8) is 0 Å². The Hall–Kier alpha value is -3.98. The number of nitrogens with one attached hydrogen (secondary N) is 1.